The van der Waals surface area contributed by atoms with Crippen LogP contribution in [0.3, 0.4) is 0 Å². The van der Waals surface area contributed by atoms with Crippen molar-refractivity contribution in [2.45, 2.75) is 27.2 Å². The van der Waals surface area contributed by atoms with E-state index in [-0.39, 0.29) is 5.97 Å². The van der Waals surface area contributed by atoms with Gasteiger partial charge >= 0.3 is 11.9 Å². The lowest BCUT2D eigenvalue weighted by molar-refractivity contribution is -0.138. The van der Waals surface area contributed by atoms with E-state index in [1.54, 1.807) is 26.0 Å². The number of anilines is 3. The third kappa shape index (κ3) is 8.65. The van der Waals surface area contributed by atoms with Gasteiger partial charge in [-0.25, -0.2) is 9.59 Å². The lowest BCUT2D eigenvalue weighted by Crippen LogP contribution is -2.10. The molecular formula is C43H39NO4. The number of hydrogen-bond acceptors (Lipinski definition) is 5. The monoisotopic (exact) mass is 633 g/mol. The van der Waals surface area contributed by atoms with E-state index in [1.165, 1.54) is 5.56 Å². The van der Waals surface area contributed by atoms with Crippen LogP contribution < -0.4 is 9.64 Å². The molecule has 0 radical (unpaired) electrons. The number of carbonyl (C=O) groups is 2. The number of ether oxygens (including phenoxy) is 2. The van der Waals surface area contributed by atoms with E-state index < -0.39 is 5.97 Å². The predicted molar refractivity (Wildman–Crippen MR) is 196 cm³/mol. The summed E-state index contributed by atoms with van der Waals surface area (Å²) < 4.78 is 10.7. The van der Waals surface area contributed by atoms with E-state index in [9.17, 15) is 9.59 Å². The zero-order chi connectivity index (χ0) is 34.0. The molecule has 5 aromatic rings. The fourth-order valence-electron chi connectivity index (χ4n) is 5.07. The summed E-state index contributed by atoms with van der Waals surface area (Å²) in [5, 5.41) is 0. The molecule has 240 valence electrons. The van der Waals surface area contributed by atoms with E-state index in [0.717, 1.165) is 44.9 Å². The largest absolute Gasteiger partial charge is 0.462 e. The standard InChI is InChI=1S/C43H39NO4/c1-30(2)42(45)47-28-27-33-13-21-38(22-14-33)44(37-19-11-32(5)12-20-37)39-23-15-34(16-24-39)29-41(35-9-7-6-8-10-35)36-17-25-40(26-18-36)48-43(46)31(3)4/h6-26,29H,1,3,27-28H2,2,4-5H3/b41-29+. The molecule has 0 aliphatic rings. The van der Waals surface area contributed by atoms with Crippen LogP contribution >= 0.6 is 0 Å². The molecule has 0 fully saturated rings. The Balaban J connectivity index is 1.43. The molecule has 0 aromatic heterocycles. The summed E-state index contributed by atoms with van der Waals surface area (Å²) in [6.45, 7) is 13.0. The maximum atomic E-state index is 12.0. The number of hydrogen-bond donors (Lipinski definition) is 0. The third-order valence-electron chi connectivity index (χ3n) is 7.73. The first-order valence-corrected chi connectivity index (χ1v) is 15.8. The number of esters is 2. The Morgan fingerprint density at radius 2 is 1.17 bits per heavy atom. The summed E-state index contributed by atoms with van der Waals surface area (Å²) in [6, 6.07) is 43.0. The molecule has 5 heteroatoms. The molecule has 0 atom stereocenters. The van der Waals surface area contributed by atoms with Gasteiger partial charge in [-0.15, -0.1) is 0 Å². The van der Waals surface area contributed by atoms with Gasteiger partial charge < -0.3 is 14.4 Å². The minimum Gasteiger partial charge on any atom is -0.462 e. The summed E-state index contributed by atoms with van der Waals surface area (Å²) in [4.78, 5) is 26.0. The van der Waals surface area contributed by atoms with Crippen molar-refractivity contribution in [1.29, 1.82) is 0 Å². The van der Waals surface area contributed by atoms with Gasteiger partial charge in [0.2, 0.25) is 0 Å². The van der Waals surface area contributed by atoms with Crippen LogP contribution in [0.4, 0.5) is 17.1 Å². The topological polar surface area (TPSA) is 55.8 Å². The van der Waals surface area contributed by atoms with Crippen LogP contribution in [0.2, 0.25) is 0 Å². The van der Waals surface area contributed by atoms with Crippen molar-refractivity contribution in [3.8, 4) is 5.75 Å². The van der Waals surface area contributed by atoms with Gasteiger partial charge in [-0.05, 0) is 103 Å². The highest BCUT2D eigenvalue weighted by Crippen LogP contribution is 2.36. The molecule has 0 heterocycles. The van der Waals surface area contributed by atoms with Gasteiger partial charge in [-0.2, -0.15) is 0 Å². The summed E-state index contributed by atoms with van der Waals surface area (Å²) in [5.74, 6) is -0.344. The van der Waals surface area contributed by atoms with Crippen molar-refractivity contribution >= 4 is 40.6 Å². The Hall–Kier alpha value is -5.94. The average Bonchev–Trinajstić information content (AvgIpc) is 3.10. The normalized spacial score (nSPS) is 11.0. The van der Waals surface area contributed by atoms with Crippen molar-refractivity contribution in [2.24, 2.45) is 0 Å². The van der Waals surface area contributed by atoms with Crippen molar-refractivity contribution in [2.75, 3.05) is 11.5 Å². The first kappa shape index (κ1) is 33.4. The van der Waals surface area contributed by atoms with Crippen LogP contribution in [0, 0.1) is 6.92 Å². The van der Waals surface area contributed by atoms with Gasteiger partial charge in [0.05, 0.1) is 6.61 Å². The number of benzene rings is 5. The molecule has 0 aliphatic heterocycles. The van der Waals surface area contributed by atoms with E-state index in [1.807, 2.05) is 30.3 Å². The molecule has 0 bridgehead atoms. The van der Waals surface area contributed by atoms with Crippen LogP contribution in [-0.2, 0) is 20.7 Å². The van der Waals surface area contributed by atoms with Crippen molar-refractivity contribution < 1.29 is 19.1 Å². The summed E-state index contributed by atoms with van der Waals surface area (Å²) in [6.07, 6.45) is 2.79. The second-order valence-corrected chi connectivity index (χ2v) is 11.7. The summed E-state index contributed by atoms with van der Waals surface area (Å²) in [7, 11) is 0. The molecule has 5 rings (SSSR count). The Bertz CT molecular complexity index is 1920. The highest BCUT2D eigenvalue weighted by atomic mass is 16.5. The number of nitrogens with zero attached hydrogens (tertiary/aromatic N) is 1. The number of aryl methyl sites for hydroxylation is 1. The Labute approximate surface area is 283 Å². The SMILES string of the molecule is C=C(C)C(=O)OCCc1ccc(N(c2ccc(C)cc2)c2ccc(/C=C(\c3ccccc3)c3ccc(OC(=O)C(=C)C)cc3)cc2)cc1. The lowest BCUT2D eigenvalue weighted by Gasteiger charge is -2.26. The minimum absolute atomic E-state index is 0.305. The number of rotatable bonds is 12. The van der Waals surface area contributed by atoms with Gasteiger partial charge in [-0.3, -0.25) is 0 Å². The van der Waals surface area contributed by atoms with Gasteiger partial charge in [0.1, 0.15) is 5.75 Å². The number of carbonyl (C=O) groups excluding carboxylic acids is 2. The fourth-order valence-corrected chi connectivity index (χ4v) is 5.07. The minimum atomic E-state index is -0.445. The van der Waals surface area contributed by atoms with Crippen LogP contribution in [0.15, 0.2) is 152 Å². The molecule has 0 saturated heterocycles. The van der Waals surface area contributed by atoms with Crippen LogP contribution in [0.1, 0.15) is 41.7 Å². The van der Waals surface area contributed by atoms with Crippen LogP contribution in [-0.4, -0.2) is 18.5 Å². The molecule has 0 N–H and O–H groups in total. The van der Waals surface area contributed by atoms with E-state index in [0.29, 0.717) is 29.9 Å². The third-order valence-corrected chi connectivity index (χ3v) is 7.73. The first-order chi connectivity index (χ1) is 23.2. The Morgan fingerprint density at radius 1 is 0.646 bits per heavy atom. The van der Waals surface area contributed by atoms with Crippen LogP contribution in [0.5, 0.6) is 5.75 Å². The van der Waals surface area contributed by atoms with E-state index in [4.69, 9.17) is 9.47 Å². The molecule has 5 nitrogen and oxygen atoms in total. The van der Waals surface area contributed by atoms with E-state index in [2.05, 4.69) is 116 Å². The van der Waals surface area contributed by atoms with Crippen LogP contribution in [0.25, 0.3) is 11.6 Å². The molecule has 5 aromatic carbocycles. The maximum Gasteiger partial charge on any atom is 0.338 e. The molecular weight excluding hydrogens is 594 g/mol. The van der Waals surface area contributed by atoms with Gasteiger partial charge in [0.25, 0.3) is 0 Å². The second-order valence-electron chi connectivity index (χ2n) is 11.7. The second kappa shape index (κ2) is 15.6. The smallest absolute Gasteiger partial charge is 0.338 e. The van der Waals surface area contributed by atoms with Gasteiger partial charge in [0, 0.05) is 34.6 Å². The van der Waals surface area contributed by atoms with Crippen molar-refractivity contribution in [3.63, 3.8) is 0 Å². The highest BCUT2D eigenvalue weighted by Gasteiger charge is 2.14. The average molecular weight is 634 g/mol. The first-order valence-electron chi connectivity index (χ1n) is 15.8. The fraction of sp³-hybridized carbons (Fsp3) is 0.116. The molecule has 0 spiro atoms. The Kier molecular flexibility index (Phi) is 10.8. The molecule has 0 unspecified atom stereocenters. The molecule has 0 aliphatic carbocycles. The van der Waals surface area contributed by atoms with E-state index >= 15 is 0 Å². The molecule has 48 heavy (non-hydrogen) atoms. The zero-order valence-corrected chi connectivity index (χ0v) is 27.6. The maximum absolute atomic E-state index is 12.0. The quantitative estimate of drug-likeness (QED) is 0.0592. The summed E-state index contributed by atoms with van der Waals surface area (Å²) in [5.41, 5.74) is 10.2. The molecule has 0 saturated carbocycles. The zero-order valence-electron chi connectivity index (χ0n) is 27.6. The van der Waals surface area contributed by atoms with Gasteiger partial charge in [0.15, 0.2) is 0 Å². The highest BCUT2D eigenvalue weighted by molar-refractivity contribution is 5.92. The van der Waals surface area contributed by atoms with Crippen molar-refractivity contribution in [3.05, 3.63) is 180 Å². The van der Waals surface area contributed by atoms with Gasteiger partial charge in [-0.1, -0.05) is 97.6 Å². The Morgan fingerprint density at radius 3 is 1.73 bits per heavy atom. The lowest BCUT2D eigenvalue weighted by atomic mass is 9.95. The molecule has 0 amide bonds. The van der Waals surface area contributed by atoms with Crippen molar-refractivity contribution in [1.82, 2.24) is 0 Å². The predicted octanol–water partition coefficient (Wildman–Crippen LogP) is 10.2. The summed E-state index contributed by atoms with van der Waals surface area (Å²) >= 11 is 0.